The Morgan fingerprint density at radius 1 is 1.03 bits per heavy atom. The number of rotatable bonds is 6. The fourth-order valence-electron chi connectivity index (χ4n) is 3.05. The normalized spacial score (nSPS) is 10.9. The van der Waals surface area contributed by atoms with E-state index in [1.807, 2.05) is 12.1 Å². The molecule has 3 aromatic carbocycles. The molecular formula is C23H17ClFN3O2S. The summed E-state index contributed by atoms with van der Waals surface area (Å²) in [6.07, 6.45) is 0. The summed E-state index contributed by atoms with van der Waals surface area (Å²) in [6.45, 7) is 0.283. The number of halogens is 2. The molecule has 31 heavy (non-hydrogen) atoms. The first-order valence-corrected chi connectivity index (χ1v) is 10.8. The van der Waals surface area contributed by atoms with Crippen molar-refractivity contribution in [2.45, 2.75) is 11.7 Å². The number of thioether (sulfide) groups is 1. The van der Waals surface area contributed by atoms with Crippen LogP contribution >= 0.6 is 23.4 Å². The number of carbonyl (C=O) groups is 1. The molecule has 156 valence electrons. The lowest BCUT2D eigenvalue weighted by molar-refractivity contribution is -0.113. The number of hydrogen-bond acceptors (Lipinski definition) is 4. The molecule has 5 nitrogen and oxygen atoms in total. The van der Waals surface area contributed by atoms with E-state index in [0.717, 1.165) is 17.3 Å². The van der Waals surface area contributed by atoms with Crippen LogP contribution in [-0.2, 0) is 11.3 Å². The van der Waals surface area contributed by atoms with Crippen LogP contribution in [0.1, 0.15) is 5.56 Å². The van der Waals surface area contributed by atoms with Gasteiger partial charge < -0.3 is 5.32 Å². The zero-order chi connectivity index (χ0) is 21.8. The number of amides is 1. The Hall–Kier alpha value is -3.16. The Morgan fingerprint density at radius 3 is 2.52 bits per heavy atom. The minimum Gasteiger partial charge on any atom is -0.323 e. The molecule has 0 aliphatic rings. The monoisotopic (exact) mass is 453 g/mol. The van der Waals surface area contributed by atoms with E-state index < -0.39 is 11.7 Å². The molecule has 4 aromatic rings. The van der Waals surface area contributed by atoms with Gasteiger partial charge in [-0.05, 0) is 42.0 Å². The second-order valence-corrected chi connectivity index (χ2v) is 8.12. The summed E-state index contributed by atoms with van der Waals surface area (Å²) >= 11 is 7.08. The topological polar surface area (TPSA) is 64.0 Å². The van der Waals surface area contributed by atoms with Gasteiger partial charge in [0, 0.05) is 5.02 Å². The van der Waals surface area contributed by atoms with E-state index in [4.69, 9.17) is 11.6 Å². The largest absolute Gasteiger partial charge is 0.323 e. The highest BCUT2D eigenvalue weighted by Crippen LogP contribution is 2.21. The number of hydrogen-bond donors (Lipinski definition) is 1. The molecule has 0 saturated carbocycles. The van der Waals surface area contributed by atoms with Gasteiger partial charge in [-0.1, -0.05) is 59.8 Å². The van der Waals surface area contributed by atoms with Gasteiger partial charge >= 0.3 is 0 Å². The van der Waals surface area contributed by atoms with Crippen LogP contribution in [0.25, 0.3) is 10.9 Å². The zero-order valence-corrected chi connectivity index (χ0v) is 17.8. The Bertz CT molecular complexity index is 1310. The molecule has 1 heterocycles. The summed E-state index contributed by atoms with van der Waals surface area (Å²) in [4.78, 5) is 30.1. The number of fused-ring (bicyclic) bond motifs is 1. The number of para-hydroxylation sites is 2. The van der Waals surface area contributed by atoms with Gasteiger partial charge in [-0.15, -0.1) is 0 Å². The van der Waals surface area contributed by atoms with Gasteiger partial charge in [-0.25, -0.2) is 9.37 Å². The molecule has 4 rings (SSSR count). The van der Waals surface area contributed by atoms with Gasteiger partial charge in [0.05, 0.1) is 28.9 Å². The fourth-order valence-corrected chi connectivity index (χ4v) is 3.97. The number of carbonyl (C=O) groups excluding carboxylic acids is 1. The van der Waals surface area contributed by atoms with Crippen LogP contribution in [0, 0.1) is 5.82 Å². The van der Waals surface area contributed by atoms with E-state index in [2.05, 4.69) is 10.3 Å². The lowest BCUT2D eigenvalue weighted by Gasteiger charge is -2.13. The van der Waals surface area contributed by atoms with Crippen molar-refractivity contribution in [1.82, 2.24) is 9.55 Å². The molecule has 0 fully saturated rings. The molecule has 0 atom stereocenters. The molecule has 0 saturated heterocycles. The number of benzene rings is 3. The predicted molar refractivity (Wildman–Crippen MR) is 122 cm³/mol. The van der Waals surface area contributed by atoms with Crippen molar-refractivity contribution in [1.29, 1.82) is 0 Å². The highest BCUT2D eigenvalue weighted by atomic mass is 35.5. The Kier molecular flexibility index (Phi) is 6.34. The van der Waals surface area contributed by atoms with Gasteiger partial charge in [0.25, 0.3) is 5.56 Å². The number of nitrogens with zero attached hydrogens (tertiary/aromatic N) is 2. The molecule has 1 amide bonds. The average Bonchev–Trinajstić information content (AvgIpc) is 2.77. The van der Waals surface area contributed by atoms with Crippen molar-refractivity contribution < 1.29 is 9.18 Å². The Balaban J connectivity index is 1.62. The quantitative estimate of drug-likeness (QED) is 0.331. The molecule has 0 aliphatic carbocycles. The standard InChI is InChI=1S/C23H17ClFN3O2S/c24-16-11-9-15(10-12-16)13-28-22(30)17-5-1-3-7-19(17)27-23(28)31-14-21(29)26-20-8-4-2-6-18(20)25/h1-12H,13-14H2,(H,26,29). The molecule has 0 unspecified atom stereocenters. The predicted octanol–water partition coefficient (Wildman–Crippen LogP) is 4.97. The van der Waals surface area contributed by atoms with Gasteiger partial charge in [-0.2, -0.15) is 0 Å². The van der Waals surface area contributed by atoms with E-state index >= 15 is 0 Å². The molecule has 0 aliphatic heterocycles. The van der Waals surface area contributed by atoms with Crippen molar-refractivity contribution in [2.24, 2.45) is 0 Å². The summed E-state index contributed by atoms with van der Waals surface area (Å²) in [5.74, 6) is -0.931. The molecule has 1 aromatic heterocycles. The van der Waals surface area contributed by atoms with Gasteiger partial charge in [-0.3, -0.25) is 14.2 Å². The van der Waals surface area contributed by atoms with Crippen LogP contribution in [-0.4, -0.2) is 21.2 Å². The highest BCUT2D eigenvalue weighted by molar-refractivity contribution is 7.99. The SMILES string of the molecule is O=C(CSc1nc2ccccc2c(=O)n1Cc1ccc(Cl)cc1)Nc1ccccc1F. The Morgan fingerprint density at radius 2 is 1.74 bits per heavy atom. The smallest absolute Gasteiger partial charge is 0.262 e. The minimum absolute atomic E-state index is 0.0280. The number of nitrogens with one attached hydrogen (secondary N) is 1. The maximum Gasteiger partial charge on any atom is 0.262 e. The first-order valence-electron chi connectivity index (χ1n) is 9.42. The van der Waals surface area contributed by atoms with Crippen LogP contribution < -0.4 is 10.9 Å². The maximum absolute atomic E-state index is 13.8. The average molecular weight is 454 g/mol. The summed E-state index contributed by atoms with van der Waals surface area (Å²) in [5, 5.41) is 4.05. The van der Waals surface area contributed by atoms with E-state index in [1.54, 1.807) is 48.5 Å². The third-order valence-corrected chi connectivity index (χ3v) is 5.79. The summed E-state index contributed by atoms with van der Waals surface area (Å²) in [7, 11) is 0. The summed E-state index contributed by atoms with van der Waals surface area (Å²) < 4.78 is 15.3. The van der Waals surface area contributed by atoms with E-state index in [0.29, 0.717) is 21.1 Å². The van der Waals surface area contributed by atoms with Crippen molar-refractivity contribution in [3.8, 4) is 0 Å². The van der Waals surface area contributed by atoms with Crippen LogP contribution in [0.2, 0.25) is 5.02 Å². The lowest BCUT2D eigenvalue weighted by Crippen LogP contribution is -2.25. The van der Waals surface area contributed by atoms with E-state index in [-0.39, 0.29) is 23.5 Å². The van der Waals surface area contributed by atoms with E-state index in [1.165, 1.54) is 16.7 Å². The second-order valence-electron chi connectivity index (χ2n) is 6.75. The molecule has 0 bridgehead atoms. The molecule has 8 heteroatoms. The molecular weight excluding hydrogens is 437 g/mol. The number of aromatic nitrogens is 2. The maximum atomic E-state index is 13.8. The first-order chi connectivity index (χ1) is 15.0. The second kappa shape index (κ2) is 9.32. The first kappa shape index (κ1) is 21.1. The third-order valence-electron chi connectivity index (χ3n) is 4.56. The van der Waals surface area contributed by atoms with Crippen molar-refractivity contribution in [3.05, 3.63) is 99.6 Å². The highest BCUT2D eigenvalue weighted by Gasteiger charge is 2.14. The van der Waals surface area contributed by atoms with Crippen LogP contribution in [0.15, 0.2) is 82.7 Å². The van der Waals surface area contributed by atoms with Crippen LogP contribution in [0.4, 0.5) is 10.1 Å². The van der Waals surface area contributed by atoms with Crippen molar-refractivity contribution >= 4 is 45.9 Å². The minimum atomic E-state index is -0.510. The summed E-state index contributed by atoms with van der Waals surface area (Å²) in [6, 6.07) is 20.2. The molecule has 0 spiro atoms. The van der Waals surface area contributed by atoms with Crippen molar-refractivity contribution in [3.63, 3.8) is 0 Å². The zero-order valence-electron chi connectivity index (χ0n) is 16.2. The van der Waals surface area contributed by atoms with Crippen molar-refractivity contribution in [2.75, 3.05) is 11.1 Å². The van der Waals surface area contributed by atoms with Crippen LogP contribution in [0.5, 0.6) is 0 Å². The van der Waals surface area contributed by atoms with Crippen LogP contribution in [0.3, 0.4) is 0 Å². The number of anilines is 1. The third kappa shape index (κ3) is 4.95. The van der Waals surface area contributed by atoms with Gasteiger partial charge in [0.15, 0.2) is 5.16 Å². The molecule has 0 radical (unpaired) electrons. The van der Waals surface area contributed by atoms with Gasteiger partial charge in [0.1, 0.15) is 5.82 Å². The Labute approximate surface area is 186 Å². The van der Waals surface area contributed by atoms with E-state index in [9.17, 15) is 14.0 Å². The summed E-state index contributed by atoms with van der Waals surface area (Å²) in [5.41, 5.74) is 1.34. The molecule has 1 N–H and O–H groups in total. The van der Waals surface area contributed by atoms with Gasteiger partial charge in [0.2, 0.25) is 5.91 Å². The lowest BCUT2D eigenvalue weighted by atomic mass is 10.2. The fraction of sp³-hybridized carbons (Fsp3) is 0.0870.